The Balaban J connectivity index is 2.10. The van der Waals surface area contributed by atoms with Gasteiger partial charge in [-0.1, -0.05) is 13.8 Å². The van der Waals surface area contributed by atoms with Crippen LogP contribution < -0.4 is 5.32 Å². The molecule has 2 aromatic rings. The first-order chi connectivity index (χ1) is 8.60. The van der Waals surface area contributed by atoms with Crippen molar-refractivity contribution in [2.75, 3.05) is 11.9 Å². The van der Waals surface area contributed by atoms with E-state index in [1.165, 1.54) is 0 Å². The van der Waals surface area contributed by atoms with Crippen molar-refractivity contribution in [1.82, 2.24) is 9.97 Å². The van der Waals surface area contributed by atoms with Gasteiger partial charge in [0, 0.05) is 12.2 Å². The molecule has 0 spiro atoms. The summed E-state index contributed by atoms with van der Waals surface area (Å²) in [4.78, 5) is 7.57. The minimum absolute atomic E-state index is 0.0317. The molecule has 1 atom stereocenters. The number of rotatable bonds is 4. The lowest BCUT2D eigenvalue weighted by atomic mass is 9.97. The van der Waals surface area contributed by atoms with Gasteiger partial charge in [-0.15, -0.1) is 0 Å². The van der Waals surface area contributed by atoms with Crippen molar-refractivity contribution in [2.45, 2.75) is 20.8 Å². The molecule has 0 saturated heterocycles. The van der Waals surface area contributed by atoms with Gasteiger partial charge in [-0.3, -0.25) is 0 Å². The Morgan fingerprint density at radius 1 is 1.44 bits per heavy atom. The zero-order valence-electron chi connectivity index (χ0n) is 11.0. The van der Waals surface area contributed by atoms with Crippen LogP contribution in [0.5, 0.6) is 0 Å². The molecule has 4 heteroatoms. The van der Waals surface area contributed by atoms with Gasteiger partial charge < -0.3 is 10.3 Å². The molecule has 0 aliphatic rings. The molecular weight excluding hydrogens is 224 g/mol. The van der Waals surface area contributed by atoms with Crippen LogP contribution in [0.3, 0.4) is 0 Å². The predicted octanol–water partition coefficient (Wildman–Crippen LogP) is 3.08. The van der Waals surface area contributed by atoms with Gasteiger partial charge in [0.25, 0.3) is 0 Å². The largest absolute Gasteiger partial charge is 0.384 e. The Kier molecular flexibility index (Phi) is 3.52. The zero-order valence-corrected chi connectivity index (χ0v) is 11.0. The molecule has 1 unspecified atom stereocenters. The number of aromatic nitrogens is 2. The number of nitriles is 1. The highest BCUT2D eigenvalue weighted by atomic mass is 14.9. The highest BCUT2D eigenvalue weighted by Gasteiger charge is 2.11. The van der Waals surface area contributed by atoms with Crippen LogP contribution in [0.1, 0.15) is 19.7 Å². The first kappa shape index (κ1) is 12.4. The third kappa shape index (κ3) is 2.62. The van der Waals surface area contributed by atoms with E-state index in [-0.39, 0.29) is 5.92 Å². The molecule has 0 amide bonds. The molecule has 0 radical (unpaired) electrons. The molecule has 2 rings (SSSR count). The van der Waals surface area contributed by atoms with E-state index < -0.39 is 0 Å². The topological polar surface area (TPSA) is 64.5 Å². The van der Waals surface area contributed by atoms with Crippen LogP contribution in [-0.2, 0) is 0 Å². The fourth-order valence-corrected chi connectivity index (χ4v) is 1.91. The normalized spacial score (nSPS) is 12.6. The Labute approximate surface area is 107 Å². The van der Waals surface area contributed by atoms with Crippen molar-refractivity contribution >= 4 is 16.7 Å². The van der Waals surface area contributed by atoms with Gasteiger partial charge in [0.1, 0.15) is 5.82 Å². The summed E-state index contributed by atoms with van der Waals surface area (Å²) in [6.07, 6.45) is 0. The molecule has 0 aliphatic carbocycles. The Hall–Kier alpha value is -2.02. The molecule has 0 saturated carbocycles. The highest BCUT2D eigenvalue weighted by Crippen LogP contribution is 2.18. The van der Waals surface area contributed by atoms with Crippen LogP contribution in [0.4, 0.5) is 5.69 Å². The van der Waals surface area contributed by atoms with Gasteiger partial charge in [-0.25, -0.2) is 4.98 Å². The third-order valence-corrected chi connectivity index (χ3v) is 3.10. The quantitative estimate of drug-likeness (QED) is 0.866. The van der Waals surface area contributed by atoms with E-state index in [4.69, 9.17) is 5.26 Å². The first-order valence-electron chi connectivity index (χ1n) is 6.20. The number of H-pyrrole nitrogens is 1. The fourth-order valence-electron chi connectivity index (χ4n) is 1.91. The number of hydrogen-bond donors (Lipinski definition) is 2. The molecule has 94 valence electrons. The summed E-state index contributed by atoms with van der Waals surface area (Å²) in [5.41, 5.74) is 3.02. The van der Waals surface area contributed by atoms with Gasteiger partial charge in [0.2, 0.25) is 0 Å². The van der Waals surface area contributed by atoms with Crippen LogP contribution in [0.25, 0.3) is 11.0 Å². The number of aromatic amines is 1. The predicted molar refractivity (Wildman–Crippen MR) is 73.3 cm³/mol. The van der Waals surface area contributed by atoms with Crippen LogP contribution >= 0.6 is 0 Å². The Morgan fingerprint density at radius 3 is 2.89 bits per heavy atom. The van der Waals surface area contributed by atoms with Crippen molar-refractivity contribution in [2.24, 2.45) is 11.8 Å². The van der Waals surface area contributed by atoms with Crippen molar-refractivity contribution in [3.05, 3.63) is 24.0 Å². The average Bonchev–Trinajstić information content (AvgIpc) is 2.68. The first-order valence-corrected chi connectivity index (χ1v) is 6.20. The number of hydrogen-bond acceptors (Lipinski definition) is 3. The average molecular weight is 242 g/mol. The van der Waals surface area contributed by atoms with Crippen molar-refractivity contribution in [3.63, 3.8) is 0 Å². The van der Waals surface area contributed by atoms with Crippen LogP contribution in [-0.4, -0.2) is 16.5 Å². The zero-order chi connectivity index (χ0) is 13.1. The van der Waals surface area contributed by atoms with Crippen molar-refractivity contribution in [1.29, 1.82) is 5.26 Å². The van der Waals surface area contributed by atoms with E-state index in [0.717, 1.165) is 22.5 Å². The lowest BCUT2D eigenvalue weighted by Crippen LogP contribution is -2.17. The molecule has 4 nitrogen and oxygen atoms in total. The lowest BCUT2D eigenvalue weighted by molar-refractivity contribution is 0.496. The number of fused-ring (bicyclic) bond motifs is 1. The summed E-state index contributed by atoms with van der Waals surface area (Å²) in [5, 5.41) is 12.4. The number of benzene rings is 1. The monoisotopic (exact) mass is 242 g/mol. The maximum absolute atomic E-state index is 9.04. The second-order valence-corrected chi connectivity index (χ2v) is 4.91. The van der Waals surface area contributed by atoms with Crippen LogP contribution in [0, 0.1) is 30.1 Å². The van der Waals surface area contributed by atoms with Gasteiger partial charge in [-0.2, -0.15) is 5.26 Å². The molecule has 0 fully saturated rings. The van der Waals surface area contributed by atoms with Gasteiger partial charge >= 0.3 is 0 Å². The number of aryl methyl sites for hydroxylation is 1. The third-order valence-electron chi connectivity index (χ3n) is 3.10. The maximum atomic E-state index is 9.04. The number of anilines is 1. The van der Waals surface area contributed by atoms with E-state index in [9.17, 15) is 0 Å². The summed E-state index contributed by atoms with van der Waals surface area (Å²) < 4.78 is 0. The Bertz CT molecular complexity index is 577. The van der Waals surface area contributed by atoms with E-state index in [0.29, 0.717) is 12.5 Å². The molecular formula is C14H18N4. The molecule has 1 heterocycles. The van der Waals surface area contributed by atoms with E-state index in [2.05, 4.69) is 35.2 Å². The van der Waals surface area contributed by atoms with Crippen molar-refractivity contribution < 1.29 is 0 Å². The summed E-state index contributed by atoms with van der Waals surface area (Å²) in [7, 11) is 0. The summed E-state index contributed by atoms with van der Waals surface area (Å²) in [6, 6.07) is 8.34. The standard InChI is InChI=1S/C14H18N4/c1-9(2)11(7-15)8-16-12-4-5-13-14(6-12)18-10(3)17-13/h4-6,9,11,16H,8H2,1-3H3,(H,17,18). The van der Waals surface area contributed by atoms with Gasteiger partial charge in [0.15, 0.2) is 0 Å². The van der Waals surface area contributed by atoms with Gasteiger partial charge in [-0.05, 0) is 31.0 Å². The molecule has 1 aromatic carbocycles. The number of nitrogens with one attached hydrogen (secondary N) is 2. The highest BCUT2D eigenvalue weighted by molar-refractivity contribution is 5.79. The molecule has 0 bridgehead atoms. The lowest BCUT2D eigenvalue weighted by Gasteiger charge is -2.14. The molecule has 1 aromatic heterocycles. The van der Waals surface area contributed by atoms with Gasteiger partial charge in [0.05, 0.1) is 23.0 Å². The number of nitrogens with zero attached hydrogens (tertiary/aromatic N) is 2. The minimum Gasteiger partial charge on any atom is -0.384 e. The smallest absolute Gasteiger partial charge is 0.104 e. The van der Waals surface area contributed by atoms with E-state index in [1.54, 1.807) is 0 Å². The minimum atomic E-state index is 0.0317. The second-order valence-electron chi connectivity index (χ2n) is 4.91. The maximum Gasteiger partial charge on any atom is 0.104 e. The summed E-state index contributed by atoms with van der Waals surface area (Å²) in [6.45, 7) is 6.75. The summed E-state index contributed by atoms with van der Waals surface area (Å²) >= 11 is 0. The molecule has 0 aliphatic heterocycles. The Morgan fingerprint density at radius 2 is 2.22 bits per heavy atom. The van der Waals surface area contributed by atoms with Crippen LogP contribution in [0.2, 0.25) is 0 Å². The van der Waals surface area contributed by atoms with Crippen LogP contribution in [0.15, 0.2) is 18.2 Å². The SMILES string of the molecule is Cc1nc2ccc(NCC(C#N)C(C)C)cc2[nH]1. The number of imidazole rings is 1. The van der Waals surface area contributed by atoms with E-state index in [1.807, 2.05) is 25.1 Å². The fraction of sp³-hybridized carbons (Fsp3) is 0.429. The molecule has 18 heavy (non-hydrogen) atoms. The summed E-state index contributed by atoms with van der Waals surface area (Å²) in [5.74, 6) is 1.31. The van der Waals surface area contributed by atoms with Crippen molar-refractivity contribution in [3.8, 4) is 6.07 Å². The second kappa shape index (κ2) is 5.09. The van der Waals surface area contributed by atoms with E-state index >= 15 is 0 Å². The molecule has 2 N–H and O–H groups in total.